The monoisotopic (exact) mass is 277 g/mol. The summed E-state index contributed by atoms with van der Waals surface area (Å²) in [5.41, 5.74) is 1.27. The molecular formula is C15H13F2NO2. The number of hydrogen-bond acceptors (Lipinski definition) is 2. The molecule has 2 aromatic carbocycles. The van der Waals surface area contributed by atoms with Crippen LogP contribution in [0.15, 0.2) is 30.3 Å². The van der Waals surface area contributed by atoms with Crippen LogP contribution in [0.3, 0.4) is 0 Å². The molecule has 2 rings (SSSR count). The largest absolute Gasteiger partial charge is 0.508 e. The quantitative estimate of drug-likeness (QED) is 0.825. The number of benzene rings is 2. The molecule has 0 bridgehead atoms. The second-order valence-electron chi connectivity index (χ2n) is 4.53. The number of aromatic hydroxyl groups is 1. The number of aryl methyl sites for hydroxylation is 2. The fourth-order valence-corrected chi connectivity index (χ4v) is 1.80. The molecule has 0 radical (unpaired) electrons. The molecule has 0 aromatic heterocycles. The van der Waals surface area contributed by atoms with Crippen LogP contribution in [-0.4, -0.2) is 11.0 Å². The fourth-order valence-electron chi connectivity index (χ4n) is 1.80. The van der Waals surface area contributed by atoms with Gasteiger partial charge in [0.2, 0.25) is 0 Å². The Kier molecular flexibility index (Phi) is 3.70. The van der Waals surface area contributed by atoms with Gasteiger partial charge in [0.15, 0.2) is 0 Å². The zero-order valence-corrected chi connectivity index (χ0v) is 11.0. The lowest BCUT2D eigenvalue weighted by Crippen LogP contribution is -2.15. The highest BCUT2D eigenvalue weighted by atomic mass is 19.1. The highest BCUT2D eigenvalue weighted by molar-refractivity contribution is 6.04. The summed E-state index contributed by atoms with van der Waals surface area (Å²) >= 11 is 0. The van der Waals surface area contributed by atoms with Gasteiger partial charge in [-0.3, -0.25) is 4.79 Å². The molecule has 0 aliphatic rings. The van der Waals surface area contributed by atoms with Crippen molar-refractivity contribution in [3.63, 3.8) is 0 Å². The Labute approximate surface area is 114 Å². The first-order valence-electron chi connectivity index (χ1n) is 5.95. The molecule has 5 heteroatoms. The van der Waals surface area contributed by atoms with Gasteiger partial charge in [0.05, 0.1) is 5.56 Å². The van der Waals surface area contributed by atoms with Gasteiger partial charge in [0.1, 0.15) is 17.4 Å². The van der Waals surface area contributed by atoms with Crippen molar-refractivity contribution in [2.24, 2.45) is 0 Å². The summed E-state index contributed by atoms with van der Waals surface area (Å²) in [4.78, 5) is 12.0. The van der Waals surface area contributed by atoms with Crippen molar-refractivity contribution in [3.05, 3.63) is 58.7 Å². The lowest BCUT2D eigenvalue weighted by atomic mass is 10.1. The van der Waals surface area contributed by atoms with Gasteiger partial charge >= 0.3 is 0 Å². The van der Waals surface area contributed by atoms with Crippen LogP contribution in [0.25, 0.3) is 0 Å². The van der Waals surface area contributed by atoms with Crippen LogP contribution in [0.2, 0.25) is 0 Å². The van der Waals surface area contributed by atoms with Crippen LogP contribution in [0.4, 0.5) is 14.5 Å². The molecule has 104 valence electrons. The minimum absolute atomic E-state index is 0.109. The molecule has 0 fully saturated rings. The third-order valence-corrected chi connectivity index (χ3v) is 2.96. The predicted molar refractivity (Wildman–Crippen MR) is 71.9 cm³/mol. The molecule has 0 saturated heterocycles. The summed E-state index contributed by atoms with van der Waals surface area (Å²) in [5.74, 6) is -2.11. The molecule has 0 spiro atoms. The molecule has 0 unspecified atom stereocenters. The van der Waals surface area contributed by atoms with E-state index in [1.165, 1.54) is 6.07 Å². The van der Waals surface area contributed by atoms with Gasteiger partial charge in [-0.25, -0.2) is 8.78 Å². The topological polar surface area (TPSA) is 49.3 Å². The van der Waals surface area contributed by atoms with Crippen molar-refractivity contribution in [3.8, 4) is 5.75 Å². The van der Waals surface area contributed by atoms with E-state index in [0.717, 1.165) is 18.2 Å². The number of halogens is 2. The van der Waals surface area contributed by atoms with E-state index in [-0.39, 0.29) is 11.3 Å². The first kappa shape index (κ1) is 14.0. The van der Waals surface area contributed by atoms with Gasteiger partial charge in [0.25, 0.3) is 5.91 Å². The van der Waals surface area contributed by atoms with E-state index in [4.69, 9.17) is 0 Å². The van der Waals surface area contributed by atoms with Crippen LogP contribution in [-0.2, 0) is 0 Å². The molecule has 0 aliphatic carbocycles. The van der Waals surface area contributed by atoms with Crippen molar-refractivity contribution in [2.75, 3.05) is 5.32 Å². The minimum Gasteiger partial charge on any atom is -0.508 e. The lowest BCUT2D eigenvalue weighted by Gasteiger charge is -2.11. The van der Waals surface area contributed by atoms with E-state index >= 15 is 0 Å². The van der Waals surface area contributed by atoms with E-state index in [1.54, 1.807) is 19.9 Å². The number of phenolic OH excluding ortho intramolecular Hbond substituents is 1. The van der Waals surface area contributed by atoms with E-state index < -0.39 is 17.5 Å². The molecule has 2 N–H and O–H groups in total. The van der Waals surface area contributed by atoms with Crippen LogP contribution < -0.4 is 5.32 Å². The summed E-state index contributed by atoms with van der Waals surface area (Å²) < 4.78 is 26.6. The zero-order chi connectivity index (χ0) is 14.9. The predicted octanol–water partition coefficient (Wildman–Crippen LogP) is 3.54. The van der Waals surface area contributed by atoms with Crippen LogP contribution >= 0.6 is 0 Å². The van der Waals surface area contributed by atoms with Crippen LogP contribution in [0.5, 0.6) is 5.75 Å². The maximum Gasteiger partial charge on any atom is 0.258 e. The number of carbonyl (C=O) groups excluding carboxylic acids is 1. The molecule has 0 heterocycles. The summed E-state index contributed by atoms with van der Waals surface area (Å²) in [7, 11) is 0. The van der Waals surface area contributed by atoms with Crippen molar-refractivity contribution in [1.29, 1.82) is 0 Å². The van der Waals surface area contributed by atoms with Gasteiger partial charge in [0, 0.05) is 5.69 Å². The number of hydrogen-bond donors (Lipinski definition) is 2. The standard InChI is InChI=1S/C15H13F2NO2/c1-8-6-14(19)9(2)5-13(8)18-15(20)11-7-10(16)3-4-12(11)17/h3-7,19H,1-2H3,(H,18,20). The van der Waals surface area contributed by atoms with Gasteiger partial charge < -0.3 is 10.4 Å². The fraction of sp³-hybridized carbons (Fsp3) is 0.133. The van der Waals surface area contributed by atoms with Crippen molar-refractivity contribution in [1.82, 2.24) is 0 Å². The van der Waals surface area contributed by atoms with Gasteiger partial charge in [-0.2, -0.15) is 0 Å². The number of anilines is 1. The number of nitrogens with one attached hydrogen (secondary N) is 1. The minimum atomic E-state index is -0.794. The average Bonchev–Trinajstić information content (AvgIpc) is 2.38. The summed E-state index contributed by atoms with van der Waals surface area (Å²) in [6, 6.07) is 5.75. The third-order valence-electron chi connectivity index (χ3n) is 2.96. The molecule has 2 aromatic rings. The maximum atomic E-state index is 13.5. The Hall–Kier alpha value is -2.43. The molecular weight excluding hydrogens is 264 g/mol. The number of carbonyl (C=O) groups is 1. The molecule has 0 saturated carbocycles. The van der Waals surface area contributed by atoms with E-state index in [9.17, 15) is 18.7 Å². The van der Waals surface area contributed by atoms with Crippen molar-refractivity contribution in [2.45, 2.75) is 13.8 Å². The number of amides is 1. The highest BCUT2D eigenvalue weighted by Crippen LogP contribution is 2.25. The second-order valence-corrected chi connectivity index (χ2v) is 4.53. The highest BCUT2D eigenvalue weighted by Gasteiger charge is 2.14. The Bertz CT molecular complexity index is 684. The molecule has 1 amide bonds. The van der Waals surface area contributed by atoms with Crippen LogP contribution in [0.1, 0.15) is 21.5 Å². The molecule has 3 nitrogen and oxygen atoms in total. The van der Waals surface area contributed by atoms with E-state index in [0.29, 0.717) is 16.8 Å². The van der Waals surface area contributed by atoms with Crippen molar-refractivity contribution >= 4 is 11.6 Å². The smallest absolute Gasteiger partial charge is 0.258 e. The number of rotatable bonds is 2. The summed E-state index contributed by atoms with van der Waals surface area (Å²) in [6.07, 6.45) is 0. The van der Waals surface area contributed by atoms with Crippen molar-refractivity contribution < 1.29 is 18.7 Å². The average molecular weight is 277 g/mol. The van der Waals surface area contributed by atoms with E-state index in [1.807, 2.05) is 0 Å². The van der Waals surface area contributed by atoms with Gasteiger partial charge in [-0.1, -0.05) is 0 Å². The SMILES string of the molecule is Cc1cc(NC(=O)c2cc(F)ccc2F)c(C)cc1O. The number of phenols is 1. The molecule has 0 aliphatic heterocycles. The van der Waals surface area contributed by atoms with E-state index in [2.05, 4.69) is 5.32 Å². The summed E-state index contributed by atoms with van der Waals surface area (Å²) in [6.45, 7) is 3.36. The summed E-state index contributed by atoms with van der Waals surface area (Å²) in [5, 5.41) is 12.0. The van der Waals surface area contributed by atoms with Gasteiger partial charge in [-0.15, -0.1) is 0 Å². The molecule has 20 heavy (non-hydrogen) atoms. The van der Waals surface area contributed by atoms with Crippen LogP contribution in [0, 0.1) is 25.5 Å². The Balaban J connectivity index is 2.32. The lowest BCUT2D eigenvalue weighted by molar-refractivity contribution is 0.102. The first-order valence-corrected chi connectivity index (χ1v) is 5.95. The zero-order valence-electron chi connectivity index (χ0n) is 11.0. The van der Waals surface area contributed by atoms with Gasteiger partial charge in [-0.05, 0) is 55.3 Å². The third kappa shape index (κ3) is 2.77. The Morgan fingerprint density at radius 3 is 2.50 bits per heavy atom. The maximum absolute atomic E-state index is 13.5. The molecule has 0 atom stereocenters. The second kappa shape index (κ2) is 5.28. The first-order chi connectivity index (χ1) is 9.38. The normalized spacial score (nSPS) is 10.4. The Morgan fingerprint density at radius 1 is 1.10 bits per heavy atom. The Morgan fingerprint density at radius 2 is 1.80 bits per heavy atom.